The molecule has 1 aliphatic rings. The van der Waals surface area contributed by atoms with Gasteiger partial charge in [0, 0.05) is 4.83 Å². The van der Waals surface area contributed by atoms with Gasteiger partial charge in [-0.2, -0.15) is 0 Å². The topological polar surface area (TPSA) is 37.3 Å². The van der Waals surface area contributed by atoms with Crippen LogP contribution in [0.4, 0.5) is 0 Å². The fourth-order valence-electron chi connectivity index (χ4n) is 1.09. The molecule has 52 valence electrons. The number of carbonyl (C=O) groups is 1. The maximum absolute atomic E-state index is 10.4. The lowest BCUT2D eigenvalue weighted by molar-refractivity contribution is -0.152. The van der Waals surface area contributed by atoms with E-state index in [0.717, 1.165) is 12.8 Å². The van der Waals surface area contributed by atoms with Crippen molar-refractivity contribution in [3.05, 3.63) is 0 Å². The second-order valence-corrected chi connectivity index (χ2v) is 4.17. The summed E-state index contributed by atoms with van der Waals surface area (Å²) >= 11 is 3.34. The van der Waals surface area contributed by atoms with E-state index in [9.17, 15) is 4.79 Å². The van der Waals surface area contributed by atoms with E-state index in [4.69, 9.17) is 5.11 Å². The summed E-state index contributed by atoms with van der Waals surface area (Å²) in [5.41, 5.74) is -0.436. The lowest BCUT2D eigenvalue weighted by atomic mass is 9.70. The van der Waals surface area contributed by atoms with E-state index >= 15 is 0 Å². The van der Waals surface area contributed by atoms with Crippen LogP contribution in [0.25, 0.3) is 0 Å². The summed E-state index contributed by atoms with van der Waals surface area (Å²) in [6.07, 6.45) is 1.53. The maximum Gasteiger partial charge on any atom is 0.309 e. The van der Waals surface area contributed by atoms with Gasteiger partial charge in [-0.3, -0.25) is 4.79 Å². The molecule has 0 spiro atoms. The molecule has 0 radical (unpaired) electrons. The monoisotopic (exact) mass is 192 g/mol. The number of rotatable bonds is 1. The minimum absolute atomic E-state index is 0.429. The van der Waals surface area contributed by atoms with Gasteiger partial charge in [0.15, 0.2) is 0 Å². The van der Waals surface area contributed by atoms with Crippen LogP contribution >= 0.6 is 15.9 Å². The Morgan fingerprint density at radius 2 is 2.22 bits per heavy atom. The van der Waals surface area contributed by atoms with Gasteiger partial charge in [0.25, 0.3) is 0 Å². The van der Waals surface area contributed by atoms with Crippen LogP contribution in [-0.4, -0.2) is 15.9 Å². The van der Waals surface area contributed by atoms with Crippen molar-refractivity contribution in [2.24, 2.45) is 5.41 Å². The Balaban J connectivity index is 2.50. The smallest absolute Gasteiger partial charge is 0.309 e. The van der Waals surface area contributed by atoms with Gasteiger partial charge in [0.2, 0.25) is 0 Å². The van der Waals surface area contributed by atoms with Crippen LogP contribution in [0.5, 0.6) is 0 Å². The normalized spacial score (nSPS) is 41.8. The van der Waals surface area contributed by atoms with Crippen molar-refractivity contribution >= 4 is 21.9 Å². The van der Waals surface area contributed by atoms with Crippen LogP contribution < -0.4 is 0 Å². The summed E-state index contributed by atoms with van der Waals surface area (Å²) in [5.74, 6) is -0.668. The van der Waals surface area contributed by atoms with Crippen LogP contribution in [0, 0.1) is 5.41 Å². The first kappa shape index (κ1) is 7.06. The minimum Gasteiger partial charge on any atom is -0.481 e. The average molecular weight is 193 g/mol. The predicted octanol–water partition coefficient (Wildman–Crippen LogP) is 1.63. The van der Waals surface area contributed by atoms with Crippen LogP contribution in [0.2, 0.25) is 0 Å². The number of alkyl halides is 1. The van der Waals surface area contributed by atoms with E-state index in [1.54, 1.807) is 6.92 Å². The van der Waals surface area contributed by atoms with Gasteiger partial charge in [-0.1, -0.05) is 15.9 Å². The Kier molecular flexibility index (Phi) is 1.55. The van der Waals surface area contributed by atoms with Gasteiger partial charge in [-0.25, -0.2) is 0 Å². The molecule has 1 aliphatic carbocycles. The molecule has 0 atom stereocenters. The summed E-state index contributed by atoms with van der Waals surface area (Å²) in [6, 6.07) is 0. The Morgan fingerprint density at radius 3 is 2.33 bits per heavy atom. The zero-order valence-electron chi connectivity index (χ0n) is 5.22. The lowest BCUT2D eigenvalue weighted by Crippen LogP contribution is -2.41. The summed E-state index contributed by atoms with van der Waals surface area (Å²) in [4.78, 5) is 10.9. The quantitative estimate of drug-likeness (QED) is 0.642. The molecule has 1 N–H and O–H groups in total. The Labute approximate surface area is 62.4 Å². The summed E-state index contributed by atoms with van der Waals surface area (Å²) in [7, 11) is 0. The number of aliphatic carboxylic acids is 1. The van der Waals surface area contributed by atoms with Crippen LogP contribution in [0.3, 0.4) is 0 Å². The second kappa shape index (κ2) is 1.97. The highest BCUT2D eigenvalue weighted by Crippen LogP contribution is 2.44. The third kappa shape index (κ3) is 1.11. The Morgan fingerprint density at radius 1 is 1.78 bits per heavy atom. The van der Waals surface area contributed by atoms with Gasteiger partial charge in [-0.05, 0) is 19.8 Å². The zero-order chi connectivity index (χ0) is 7.07. The number of carboxylic acid groups (broad SMARTS) is 1. The molecule has 1 saturated carbocycles. The number of halogens is 1. The van der Waals surface area contributed by atoms with Crippen molar-refractivity contribution in [1.82, 2.24) is 0 Å². The first-order valence-corrected chi connectivity index (χ1v) is 3.84. The molecule has 1 rings (SSSR count). The third-order valence-electron chi connectivity index (χ3n) is 1.86. The minimum atomic E-state index is -0.668. The highest BCUT2D eigenvalue weighted by molar-refractivity contribution is 9.09. The van der Waals surface area contributed by atoms with E-state index in [1.807, 2.05) is 0 Å². The standard InChI is InChI=1S/C6H9BrO2/c1-6(5(8)9)2-4(7)3-6/h4H,2-3H2,1H3,(H,8,9). The predicted molar refractivity (Wildman–Crippen MR) is 37.7 cm³/mol. The Hall–Kier alpha value is -0.0500. The molecular weight excluding hydrogens is 184 g/mol. The van der Waals surface area contributed by atoms with Gasteiger partial charge >= 0.3 is 5.97 Å². The highest BCUT2D eigenvalue weighted by atomic mass is 79.9. The largest absolute Gasteiger partial charge is 0.481 e. The van der Waals surface area contributed by atoms with Gasteiger partial charge in [-0.15, -0.1) is 0 Å². The second-order valence-electron chi connectivity index (χ2n) is 2.87. The van der Waals surface area contributed by atoms with Crippen molar-refractivity contribution in [1.29, 1.82) is 0 Å². The first-order valence-electron chi connectivity index (χ1n) is 2.92. The fourth-order valence-corrected chi connectivity index (χ4v) is 2.52. The number of hydrogen-bond donors (Lipinski definition) is 1. The van der Waals surface area contributed by atoms with Crippen LogP contribution in [0.15, 0.2) is 0 Å². The molecule has 0 bridgehead atoms. The molecule has 0 aromatic rings. The molecule has 3 heteroatoms. The fraction of sp³-hybridized carbons (Fsp3) is 0.833. The molecular formula is C6H9BrO2. The molecule has 0 aromatic carbocycles. The summed E-state index contributed by atoms with van der Waals surface area (Å²) in [5, 5.41) is 8.59. The lowest BCUT2D eigenvalue weighted by Gasteiger charge is -2.38. The molecule has 1 fully saturated rings. The zero-order valence-corrected chi connectivity index (χ0v) is 6.81. The van der Waals surface area contributed by atoms with E-state index < -0.39 is 11.4 Å². The molecule has 2 nitrogen and oxygen atoms in total. The summed E-state index contributed by atoms with van der Waals surface area (Å²) < 4.78 is 0. The molecule has 0 unspecified atom stereocenters. The van der Waals surface area contributed by atoms with Crippen molar-refractivity contribution in [3.8, 4) is 0 Å². The van der Waals surface area contributed by atoms with Crippen molar-refractivity contribution in [2.75, 3.05) is 0 Å². The van der Waals surface area contributed by atoms with E-state index in [-0.39, 0.29) is 0 Å². The molecule has 0 amide bonds. The van der Waals surface area contributed by atoms with Gasteiger partial charge in [0.1, 0.15) is 0 Å². The molecule has 0 aromatic heterocycles. The van der Waals surface area contributed by atoms with E-state index in [0.29, 0.717) is 4.83 Å². The number of carboxylic acids is 1. The molecule has 0 heterocycles. The van der Waals surface area contributed by atoms with Crippen molar-refractivity contribution in [2.45, 2.75) is 24.6 Å². The SMILES string of the molecule is CC1(C(=O)O)CC(Br)C1. The van der Waals surface area contributed by atoms with Crippen molar-refractivity contribution < 1.29 is 9.90 Å². The molecule has 9 heavy (non-hydrogen) atoms. The maximum atomic E-state index is 10.4. The van der Waals surface area contributed by atoms with Crippen LogP contribution in [0.1, 0.15) is 19.8 Å². The summed E-state index contributed by atoms with van der Waals surface area (Å²) in [6.45, 7) is 1.78. The Bertz CT molecular complexity index is 138. The van der Waals surface area contributed by atoms with E-state index in [1.165, 1.54) is 0 Å². The van der Waals surface area contributed by atoms with Crippen molar-refractivity contribution in [3.63, 3.8) is 0 Å². The third-order valence-corrected chi connectivity index (χ3v) is 2.51. The van der Waals surface area contributed by atoms with E-state index in [2.05, 4.69) is 15.9 Å². The van der Waals surface area contributed by atoms with Crippen LogP contribution in [-0.2, 0) is 4.79 Å². The number of hydrogen-bond acceptors (Lipinski definition) is 1. The average Bonchev–Trinajstić information content (AvgIpc) is 1.62. The van der Waals surface area contributed by atoms with Gasteiger partial charge in [0.05, 0.1) is 5.41 Å². The highest BCUT2D eigenvalue weighted by Gasteiger charge is 2.45. The van der Waals surface area contributed by atoms with Gasteiger partial charge < -0.3 is 5.11 Å². The first-order chi connectivity index (χ1) is 4.04. The molecule has 0 saturated heterocycles. The molecule has 0 aliphatic heterocycles.